The van der Waals surface area contributed by atoms with Crippen molar-refractivity contribution < 1.29 is 18.7 Å². The van der Waals surface area contributed by atoms with Crippen molar-refractivity contribution in [2.45, 2.75) is 38.1 Å². The topological polar surface area (TPSA) is 78.3 Å². The number of benzene rings is 1. The summed E-state index contributed by atoms with van der Waals surface area (Å²) in [5, 5.41) is 11.8. The van der Waals surface area contributed by atoms with Gasteiger partial charge in [-0.3, -0.25) is 9.36 Å². The van der Waals surface area contributed by atoms with Gasteiger partial charge in [0.25, 0.3) is 0 Å². The van der Waals surface area contributed by atoms with Gasteiger partial charge in [-0.25, -0.2) is 4.39 Å². The summed E-state index contributed by atoms with van der Waals surface area (Å²) >= 11 is 1.30. The largest absolute Gasteiger partial charge is 0.483 e. The number of para-hydroxylation sites is 1. The zero-order valence-electron chi connectivity index (χ0n) is 15.8. The van der Waals surface area contributed by atoms with Gasteiger partial charge < -0.3 is 14.8 Å². The molecule has 0 fully saturated rings. The summed E-state index contributed by atoms with van der Waals surface area (Å²) in [6.45, 7) is 5.11. The van der Waals surface area contributed by atoms with Gasteiger partial charge in [0.1, 0.15) is 6.61 Å². The number of aromatic nitrogens is 3. The van der Waals surface area contributed by atoms with Crippen LogP contribution in [-0.4, -0.2) is 46.7 Å². The van der Waals surface area contributed by atoms with Crippen molar-refractivity contribution in [1.29, 1.82) is 0 Å². The van der Waals surface area contributed by atoms with Crippen LogP contribution in [-0.2, 0) is 16.1 Å². The summed E-state index contributed by atoms with van der Waals surface area (Å²) in [6.07, 6.45) is 0.884. The highest BCUT2D eigenvalue weighted by Gasteiger charge is 2.19. The van der Waals surface area contributed by atoms with Crippen LogP contribution in [0.1, 0.15) is 32.1 Å². The van der Waals surface area contributed by atoms with Gasteiger partial charge >= 0.3 is 0 Å². The van der Waals surface area contributed by atoms with Crippen molar-refractivity contribution in [1.82, 2.24) is 20.1 Å². The molecule has 1 N–H and O–H groups in total. The molecule has 7 nitrogen and oxygen atoms in total. The van der Waals surface area contributed by atoms with E-state index in [0.717, 1.165) is 6.42 Å². The van der Waals surface area contributed by atoms with Crippen LogP contribution in [0.4, 0.5) is 4.39 Å². The molecule has 27 heavy (non-hydrogen) atoms. The number of rotatable bonds is 11. The SMILES string of the molecule is CCCNC(=O)CSc1nnc(COc2ccccc2F)n1[C@H](C)COC. The first-order valence-corrected chi connectivity index (χ1v) is 9.74. The predicted molar refractivity (Wildman–Crippen MR) is 101 cm³/mol. The summed E-state index contributed by atoms with van der Waals surface area (Å²) in [5.41, 5.74) is 0. The molecular weight excluding hydrogens is 371 g/mol. The number of carbonyl (C=O) groups excluding carboxylic acids is 1. The Labute approximate surface area is 162 Å². The van der Waals surface area contributed by atoms with E-state index in [1.165, 1.54) is 17.8 Å². The molecular formula is C18H25FN4O3S. The molecule has 0 unspecified atom stereocenters. The van der Waals surface area contributed by atoms with E-state index in [-0.39, 0.29) is 30.1 Å². The minimum Gasteiger partial charge on any atom is -0.483 e. The second-order valence-electron chi connectivity index (χ2n) is 5.93. The van der Waals surface area contributed by atoms with Crippen molar-refractivity contribution in [3.8, 4) is 5.75 Å². The van der Waals surface area contributed by atoms with Crippen LogP contribution < -0.4 is 10.1 Å². The minimum absolute atomic E-state index is 0.0556. The molecule has 0 spiro atoms. The van der Waals surface area contributed by atoms with Crippen LogP contribution in [0.3, 0.4) is 0 Å². The first kappa shape index (κ1) is 21.2. The van der Waals surface area contributed by atoms with Gasteiger partial charge in [-0.15, -0.1) is 10.2 Å². The fourth-order valence-electron chi connectivity index (χ4n) is 2.41. The molecule has 2 aromatic rings. The number of hydrogen-bond acceptors (Lipinski definition) is 6. The van der Waals surface area contributed by atoms with E-state index in [0.29, 0.717) is 24.1 Å². The lowest BCUT2D eigenvalue weighted by molar-refractivity contribution is -0.118. The predicted octanol–water partition coefficient (Wildman–Crippen LogP) is 2.82. The van der Waals surface area contributed by atoms with E-state index in [1.807, 2.05) is 18.4 Å². The lowest BCUT2D eigenvalue weighted by Crippen LogP contribution is -2.26. The summed E-state index contributed by atoms with van der Waals surface area (Å²) < 4.78 is 26.4. The number of amides is 1. The molecule has 0 aliphatic heterocycles. The average Bonchev–Trinajstić information content (AvgIpc) is 3.07. The number of thioether (sulfide) groups is 1. The van der Waals surface area contributed by atoms with Crippen molar-refractivity contribution in [2.75, 3.05) is 26.0 Å². The van der Waals surface area contributed by atoms with Gasteiger partial charge in [0.05, 0.1) is 18.4 Å². The van der Waals surface area contributed by atoms with E-state index in [4.69, 9.17) is 9.47 Å². The van der Waals surface area contributed by atoms with Crippen molar-refractivity contribution >= 4 is 17.7 Å². The number of carbonyl (C=O) groups is 1. The van der Waals surface area contributed by atoms with Gasteiger partial charge in [-0.2, -0.15) is 0 Å². The maximum atomic E-state index is 13.8. The number of nitrogens with one attached hydrogen (secondary N) is 1. The lowest BCUT2D eigenvalue weighted by atomic mass is 10.3. The highest BCUT2D eigenvalue weighted by atomic mass is 32.2. The van der Waals surface area contributed by atoms with E-state index in [2.05, 4.69) is 15.5 Å². The summed E-state index contributed by atoms with van der Waals surface area (Å²) in [7, 11) is 1.61. The fraction of sp³-hybridized carbons (Fsp3) is 0.500. The maximum absolute atomic E-state index is 13.8. The van der Waals surface area contributed by atoms with Crippen LogP contribution in [0.25, 0.3) is 0 Å². The molecule has 0 aliphatic carbocycles. The molecule has 0 radical (unpaired) electrons. The number of nitrogens with zero attached hydrogens (tertiary/aromatic N) is 3. The molecule has 1 atom stereocenters. The third-order valence-electron chi connectivity index (χ3n) is 3.68. The summed E-state index contributed by atoms with van der Waals surface area (Å²) in [4.78, 5) is 11.9. The highest BCUT2D eigenvalue weighted by Crippen LogP contribution is 2.23. The molecule has 0 saturated heterocycles. The molecule has 1 heterocycles. The van der Waals surface area contributed by atoms with Crippen molar-refractivity contribution in [3.63, 3.8) is 0 Å². The Morgan fingerprint density at radius 3 is 2.85 bits per heavy atom. The minimum atomic E-state index is -0.435. The molecule has 2 rings (SSSR count). The molecule has 1 aromatic carbocycles. The van der Waals surface area contributed by atoms with Crippen molar-refractivity contribution in [3.05, 3.63) is 35.9 Å². The first-order valence-electron chi connectivity index (χ1n) is 8.76. The molecule has 1 amide bonds. The lowest BCUT2D eigenvalue weighted by Gasteiger charge is -2.17. The summed E-state index contributed by atoms with van der Waals surface area (Å²) in [5.74, 6) is 0.445. The fourth-order valence-corrected chi connectivity index (χ4v) is 3.30. The Morgan fingerprint density at radius 1 is 1.37 bits per heavy atom. The standard InChI is InChI=1S/C18H25FN4O3S/c1-4-9-20-17(24)12-27-18-22-21-16(23(18)13(2)10-25-3)11-26-15-8-6-5-7-14(15)19/h5-8,13H,4,9-12H2,1-3H3,(H,20,24)/t13-/m1/s1. The third kappa shape index (κ3) is 6.21. The molecule has 0 saturated carbocycles. The van der Waals surface area contributed by atoms with Gasteiger partial charge in [-0.1, -0.05) is 30.8 Å². The molecule has 0 bridgehead atoms. The second-order valence-corrected chi connectivity index (χ2v) is 6.87. The molecule has 0 aliphatic rings. The van der Waals surface area contributed by atoms with Gasteiger partial charge in [0, 0.05) is 13.7 Å². The van der Waals surface area contributed by atoms with E-state index >= 15 is 0 Å². The Balaban J connectivity index is 2.10. The Bertz CT molecular complexity index is 741. The highest BCUT2D eigenvalue weighted by molar-refractivity contribution is 7.99. The average molecular weight is 396 g/mol. The normalized spacial score (nSPS) is 12.0. The summed E-state index contributed by atoms with van der Waals surface area (Å²) in [6, 6.07) is 6.13. The number of ether oxygens (including phenoxy) is 2. The van der Waals surface area contributed by atoms with Gasteiger partial charge in [-0.05, 0) is 25.5 Å². The smallest absolute Gasteiger partial charge is 0.230 e. The van der Waals surface area contributed by atoms with Gasteiger partial charge in [0.15, 0.2) is 22.5 Å². The monoisotopic (exact) mass is 396 g/mol. The van der Waals surface area contributed by atoms with Gasteiger partial charge in [0.2, 0.25) is 5.91 Å². The maximum Gasteiger partial charge on any atom is 0.230 e. The molecule has 148 valence electrons. The Morgan fingerprint density at radius 2 is 2.15 bits per heavy atom. The van der Waals surface area contributed by atoms with E-state index < -0.39 is 5.82 Å². The van der Waals surface area contributed by atoms with Crippen LogP contribution in [0, 0.1) is 5.82 Å². The zero-order valence-corrected chi connectivity index (χ0v) is 16.6. The van der Waals surface area contributed by atoms with Crippen LogP contribution in [0.15, 0.2) is 29.4 Å². The first-order chi connectivity index (χ1) is 13.1. The second kappa shape index (κ2) is 10.9. The number of methoxy groups -OCH3 is 1. The van der Waals surface area contributed by atoms with E-state index in [9.17, 15) is 9.18 Å². The van der Waals surface area contributed by atoms with Crippen LogP contribution >= 0.6 is 11.8 Å². The Hall–Kier alpha value is -2.13. The quantitative estimate of drug-likeness (QED) is 0.589. The molecule has 1 aromatic heterocycles. The number of hydrogen-bond donors (Lipinski definition) is 1. The van der Waals surface area contributed by atoms with Crippen LogP contribution in [0.2, 0.25) is 0 Å². The van der Waals surface area contributed by atoms with E-state index in [1.54, 1.807) is 25.3 Å². The zero-order chi connectivity index (χ0) is 19.6. The van der Waals surface area contributed by atoms with Crippen LogP contribution in [0.5, 0.6) is 5.75 Å². The number of halogens is 1. The Kier molecular flexibility index (Phi) is 8.53. The third-order valence-corrected chi connectivity index (χ3v) is 4.62. The molecule has 9 heteroatoms. The van der Waals surface area contributed by atoms with Crippen molar-refractivity contribution in [2.24, 2.45) is 0 Å².